The number of nitrogens with zero attached hydrogens (tertiary/aromatic N) is 1. The van der Waals surface area contributed by atoms with Crippen molar-refractivity contribution in [2.75, 3.05) is 26.4 Å². The number of hydrogen-bond acceptors (Lipinski definition) is 4. The summed E-state index contributed by atoms with van der Waals surface area (Å²) in [6, 6.07) is 4.62. The second-order valence-electron chi connectivity index (χ2n) is 4.15. The van der Waals surface area contributed by atoms with Crippen molar-refractivity contribution in [3.8, 4) is 0 Å². The number of carbonyl (C=O) groups is 1. The van der Waals surface area contributed by atoms with Crippen LogP contribution in [0.4, 0.5) is 5.69 Å². The van der Waals surface area contributed by atoms with Crippen LogP contribution in [-0.2, 0) is 21.2 Å². The summed E-state index contributed by atoms with van der Waals surface area (Å²) in [5, 5.41) is 2.38. The Morgan fingerprint density at radius 1 is 1.42 bits per heavy atom. The molecule has 0 aromatic heterocycles. The highest BCUT2D eigenvalue weighted by molar-refractivity contribution is 7.89. The van der Waals surface area contributed by atoms with Crippen molar-refractivity contribution >= 4 is 21.6 Å². The van der Waals surface area contributed by atoms with Gasteiger partial charge in [-0.15, -0.1) is 0 Å². The summed E-state index contributed by atoms with van der Waals surface area (Å²) in [6.45, 7) is 1.71. The molecule has 0 aliphatic rings. The molecule has 0 atom stereocenters. The molecule has 1 rings (SSSR count). The van der Waals surface area contributed by atoms with Gasteiger partial charge < -0.3 is 11.1 Å². The van der Waals surface area contributed by atoms with Gasteiger partial charge in [0, 0.05) is 19.8 Å². The van der Waals surface area contributed by atoms with Crippen molar-refractivity contribution in [1.82, 2.24) is 9.62 Å². The van der Waals surface area contributed by atoms with Crippen molar-refractivity contribution in [2.24, 2.45) is 0 Å². The molecule has 19 heavy (non-hydrogen) atoms. The Morgan fingerprint density at radius 3 is 2.53 bits per heavy atom. The first-order valence-corrected chi connectivity index (χ1v) is 7.32. The monoisotopic (exact) mass is 285 g/mol. The second-order valence-corrected chi connectivity index (χ2v) is 6.19. The molecule has 0 saturated heterocycles. The Labute approximate surface area is 113 Å². The van der Waals surface area contributed by atoms with Gasteiger partial charge in [-0.25, -0.2) is 8.42 Å². The predicted octanol–water partition coefficient (Wildman–Crippen LogP) is 0.198. The summed E-state index contributed by atoms with van der Waals surface area (Å²) < 4.78 is 25.4. The lowest BCUT2D eigenvalue weighted by Crippen LogP contribution is -2.36. The van der Waals surface area contributed by atoms with Gasteiger partial charge in [0.05, 0.1) is 11.4 Å². The van der Waals surface area contributed by atoms with Crippen LogP contribution in [0.1, 0.15) is 12.5 Å². The van der Waals surface area contributed by atoms with Crippen LogP contribution in [0.25, 0.3) is 0 Å². The molecule has 1 aromatic carbocycles. The van der Waals surface area contributed by atoms with Crippen molar-refractivity contribution < 1.29 is 13.2 Å². The lowest BCUT2D eigenvalue weighted by Gasteiger charge is -2.17. The maximum absolute atomic E-state index is 12.2. The molecular formula is C12H19N3O3S. The van der Waals surface area contributed by atoms with Crippen LogP contribution in [0.2, 0.25) is 0 Å². The van der Waals surface area contributed by atoms with Gasteiger partial charge in [-0.3, -0.25) is 4.79 Å². The molecule has 7 heteroatoms. The first-order valence-electron chi connectivity index (χ1n) is 5.88. The number of carbonyl (C=O) groups excluding carboxylic acids is 1. The third-order valence-corrected chi connectivity index (χ3v) is 4.65. The predicted molar refractivity (Wildman–Crippen MR) is 74.1 cm³/mol. The average Bonchev–Trinajstić information content (AvgIpc) is 2.38. The van der Waals surface area contributed by atoms with Crippen LogP contribution in [0.15, 0.2) is 23.1 Å². The number of aryl methyl sites for hydroxylation is 1. The Morgan fingerprint density at radius 2 is 2.05 bits per heavy atom. The molecule has 0 unspecified atom stereocenters. The number of benzene rings is 1. The fourth-order valence-corrected chi connectivity index (χ4v) is 2.76. The minimum Gasteiger partial charge on any atom is -0.398 e. The molecule has 0 bridgehead atoms. The zero-order valence-corrected chi connectivity index (χ0v) is 12.1. The van der Waals surface area contributed by atoms with Gasteiger partial charge >= 0.3 is 0 Å². The molecule has 0 radical (unpaired) electrons. The van der Waals surface area contributed by atoms with E-state index in [4.69, 9.17) is 5.73 Å². The largest absolute Gasteiger partial charge is 0.398 e. The molecule has 6 nitrogen and oxygen atoms in total. The molecule has 3 N–H and O–H groups in total. The number of anilines is 1. The third kappa shape index (κ3) is 3.45. The number of amides is 1. The van der Waals surface area contributed by atoms with Crippen LogP contribution in [0.3, 0.4) is 0 Å². The summed E-state index contributed by atoms with van der Waals surface area (Å²) >= 11 is 0. The number of nitrogens with one attached hydrogen (secondary N) is 1. The first-order chi connectivity index (χ1) is 8.82. The fraction of sp³-hybridized carbons (Fsp3) is 0.417. The Bertz CT molecular complexity index is 570. The van der Waals surface area contributed by atoms with E-state index in [0.29, 0.717) is 5.69 Å². The number of likely N-dealkylation sites (N-methyl/N-ethyl adjacent to an activating group) is 2. The van der Waals surface area contributed by atoms with Crippen LogP contribution in [0, 0.1) is 0 Å². The summed E-state index contributed by atoms with van der Waals surface area (Å²) in [7, 11) is -0.888. The molecule has 0 fully saturated rings. The molecule has 0 heterocycles. The molecule has 1 aromatic rings. The number of sulfonamides is 1. The van der Waals surface area contributed by atoms with Crippen molar-refractivity contribution in [1.29, 1.82) is 0 Å². The molecule has 0 spiro atoms. The van der Waals surface area contributed by atoms with E-state index in [0.717, 1.165) is 16.3 Å². The molecular weight excluding hydrogens is 266 g/mol. The average molecular weight is 285 g/mol. The minimum atomic E-state index is -3.70. The van der Waals surface area contributed by atoms with Crippen LogP contribution >= 0.6 is 0 Å². The molecule has 0 saturated carbocycles. The number of hydrogen-bond donors (Lipinski definition) is 2. The van der Waals surface area contributed by atoms with E-state index in [1.165, 1.54) is 26.2 Å². The van der Waals surface area contributed by atoms with E-state index < -0.39 is 10.0 Å². The van der Waals surface area contributed by atoms with Gasteiger partial charge in [0.25, 0.3) is 0 Å². The van der Waals surface area contributed by atoms with Crippen LogP contribution < -0.4 is 11.1 Å². The van der Waals surface area contributed by atoms with Crippen molar-refractivity contribution in [2.45, 2.75) is 18.2 Å². The Balaban J connectivity index is 3.06. The quantitative estimate of drug-likeness (QED) is 0.756. The summed E-state index contributed by atoms with van der Waals surface area (Å²) in [4.78, 5) is 11.3. The van der Waals surface area contributed by atoms with E-state index in [9.17, 15) is 13.2 Å². The second kappa shape index (κ2) is 6.03. The zero-order valence-electron chi connectivity index (χ0n) is 11.3. The van der Waals surface area contributed by atoms with Gasteiger partial charge in [0.15, 0.2) is 0 Å². The maximum Gasteiger partial charge on any atom is 0.243 e. The lowest BCUT2D eigenvalue weighted by atomic mass is 10.1. The minimum absolute atomic E-state index is 0.0913. The number of rotatable bonds is 5. The lowest BCUT2D eigenvalue weighted by molar-refractivity contribution is -0.120. The summed E-state index contributed by atoms with van der Waals surface area (Å²) in [5.41, 5.74) is 7.13. The SMILES string of the molecule is CCc1ccc(S(=O)(=O)N(C)CC(=O)NC)cc1N. The molecule has 1 amide bonds. The van der Waals surface area contributed by atoms with E-state index in [-0.39, 0.29) is 17.3 Å². The Hall–Kier alpha value is -1.60. The van der Waals surface area contributed by atoms with Gasteiger partial charge in [-0.05, 0) is 24.1 Å². The maximum atomic E-state index is 12.2. The van der Waals surface area contributed by atoms with Crippen LogP contribution in [0.5, 0.6) is 0 Å². The third-order valence-electron chi connectivity index (χ3n) is 2.85. The zero-order chi connectivity index (χ0) is 14.6. The van der Waals surface area contributed by atoms with Gasteiger partial charge in [-0.2, -0.15) is 4.31 Å². The number of nitrogens with two attached hydrogens (primary N) is 1. The normalized spacial score (nSPS) is 11.6. The van der Waals surface area contributed by atoms with E-state index in [1.54, 1.807) is 6.07 Å². The fourth-order valence-electron chi connectivity index (χ4n) is 1.60. The van der Waals surface area contributed by atoms with Crippen molar-refractivity contribution in [3.05, 3.63) is 23.8 Å². The summed E-state index contributed by atoms with van der Waals surface area (Å²) in [5.74, 6) is -0.371. The Kier molecular flexibility index (Phi) is 4.90. The van der Waals surface area contributed by atoms with E-state index in [1.807, 2.05) is 6.92 Å². The topological polar surface area (TPSA) is 92.5 Å². The molecule has 106 valence electrons. The van der Waals surface area contributed by atoms with Gasteiger partial charge in [0.2, 0.25) is 15.9 Å². The molecule has 0 aliphatic carbocycles. The van der Waals surface area contributed by atoms with E-state index >= 15 is 0 Å². The highest BCUT2D eigenvalue weighted by Crippen LogP contribution is 2.20. The first kappa shape index (κ1) is 15.5. The van der Waals surface area contributed by atoms with Crippen molar-refractivity contribution in [3.63, 3.8) is 0 Å². The summed E-state index contributed by atoms with van der Waals surface area (Å²) in [6.07, 6.45) is 0.736. The van der Waals surface area contributed by atoms with Gasteiger partial charge in [-0.1, -0.05) is 13.0 Å². The smallest absolute Gasteiger partial charge is 0.243 e. The molecule has 0 aliphatic heterocycles. The standard InChI is InChI=1S/C12H19N3O3S/c1-4-9-5-6-10(7-11(9)13)19(17,18)15(3)8-12(16)14-2/h5-7H,4,8,13H2,1-3H3,(H,14,16). The van der Waals surface area contributed by atoms with Gasteiger partial charge in [0.1, 0.15) is 0 Å². The highest BCUT2D eigenvalue weighted by Gasteiger charge is 2.23. The van der Waals surface area contributed by atoms with Crippen LogP contribution in [-0.4, -0.2) is 39.3 Å². The number of nitrogen functional groups attached to an aromatic ring is 1. The van der Waals surface area contributed by atoms with E-state index in [2.05, 4.69) is 5.32 Å². The highest BCUT2D eigenvalue weighted by atomic mass is 32.2.